The third-order valence-electron chi connectivity index (χ3n) is 8.06. The first-order chi connectivity index (χ1) is 24.7. The summed E-state index contributed by atoms with van der Waals surface area (Å²) in [5.74, 6) is -0.529. The van der Waals surface area contributed by atoms with Crippen LogP contribution < -0.4 is 0 Å². The number of alkyl halides is 2. The fourth-order valence-electron chi connectivity index (χ4n) is 4.69. The van der Waals surface area contributed by atoms with Gasteiger partial charge in [0.1, 0.15) is 17.3 Å². The first-order valence-corrected chi connectivity index (χ1v) is 21.2. The number of halogens is 2. The van der Waals surface area contributed by atoms with Crippen molar-refractivity contribution >= 4 is 43.8 Å². The Balaban J connectivity index is 0. The van der Waals surface area contributed by atoms with E-state index in [0.29, 0.717) is 13.2 Å². The maximum atomic E-state index is 11.0. The van der Waals surface area contributed by atoms with Gasteiger partial charge in [0.05, 0.1) is 6.61 Å². The number of hydrogen-bond donors (Lipinski definition) is 0. The van der Waals surface area contributed by atoms with Gasteiger partial charge in [-0.05, 0) is 152 Å². The Morgan fingerprint density at radius 3 is 1.02 bits per heavy atom. The Morgan fingerprint density at radius 2 is 0.692 bits per heavy atom. The van der Waals surface area contributed by atoms with Gasteiger partial charge in [-0.1, -0.05) is 119 Å². The molecule has 0 heterocycles. The standard InChI is InChI=1S/C23H37BrO3.C22H35BrO2/c1-19(2)9-6-10-20(3)11-7-12-21(4)13-8-14-22(5)15-16-26-18-27-23(25)17-24;1-18(2)9-6-10-19(3)11-7-12-20(4)13-8-14-21(5)15-16-25-22(24)17-23/h9,11,13,15H,6-8,10,12,14,16-18H2,1-5H3;9,11,13,15H,6-8,10,12,14,16-17H2,1-5H3/b20-11+,21-13+,22-15+;19-11+,20-13+,21-15+. The van der Waals surface area contributed by atoms with Gasteiger partial charge >= 0.3 is 11.9 Å². The van der Waals surface area contributed by atoms with Crippen LogP contribution in [0.1, 0.15) is 146 Å². The molecular formula is C45H72Br2O5. The van der Waals surface area contributed by atoms with Crippen LogP contribution in [0.3, 0.4) is 0 Å². The van der Waals surface area contributed by atoms with Crippen molar-refractivity contribution in [3.05, 3.63) is 93.2 Å². The zero-order chi connectivity index (χ0) is 39.6. The second-order valence-corrected chi connectivity index (χ2v) is 15.2. The third-order valence-corrected chi connectivity index (χ3v) is 8.97. The molecule has 0 aromatic rings. The lowest BCUT2D eigenvalue weighted by Crippen LogP contribution is -2.09. The minimum absolute atomic E-state index is 0.00843. The third kappa shape index (κ3) is 39.0. The van der Waals surface area contributed by atoms with Crippen LogP contribution in [-0.4, -0.2) is 42.6 Å². The van der Waals surface area contributed by atoms with Crippen LogP contribution in [0, 0.1) is 0 Å². The lowest BCUT2D eigenvalue weighted by Gasteiger charge is -2.04. The van der Waals surface area contributed by atoms with Crippen LogP contribution in [0.2, 0.25) is 0 Å². The van der Waals surface area contributed by atoms with Crippen molar-refractivity contribution in [1.82, 2.24) is 0 Å². The van der Waals surface area contributed by atoms with Gasteiger partial charge in [0, 0.05) is 0 Å². The summed E-state index contributed by atoms with van der Waals surface area (Å²) in [5, 5.41) is 0.451. The maximum Gasteiger partial charge on any atom is 0.318 e. The monoisotopic (exact) mass is 850 g/mol. The van der Waals surface area contributed by atoms with E-state index in [1.807, 2.05) is 12.2 Å². The van der Waals surface area contributed by atoms with Crippen molar-refractivity contribution in [3.8, 4) is 0 Å². The van der Waals surface area contributed by atoms with Gasteiger partial charge in [0.2, 0.25) is 0 Å². The molecule has 0 N–H and O–H groups in total. The molecule has 0 aliphatic heterocycles. The molecule has 52 heavy (non-hydrogen) atoms. The summed E-state index contributed by atoms with van der Waals surface area (Å²) in [4.78, 5) is 21.9. The van der Waals surface area contributed by atoms with Crippen molar-refractivity contribution in [3.63, 3.8) is 0 Å². The molecule has 7 heteroatoms. The smallest absolute Gasteiger partial charge is 0.318 e. The normalized spacial score (nSPS) is 12.9. The van der Waals surface area contributed by atoms with E-state index >= 15 is 0 Å². The minimum atomic E-state index is -0.311. The lowest BCUT2D eigenvalue weighted by molar-refractivity contribution is -0.151. The second kappa shape index (κ2) is 35.8. The number of esters is 2. The van der Waals surface area contributed by atoms with Crippen molar-refractivity contribution in [1.29, 1.82) is 0 Å². The van der Waals surface area contributed by atoms with Crippen LogP contribution in [0.15, 0.2) is 93.2 Å². The van der Waals surface area contributed by atoms with E-state index in [4.69, 9.17) is 14.2 Å². The van der Waals surface area contributed by atoms with Gasteiger partial charge in [0.15, 0.2) is 6.79 Å². The molecule has 296 valence electrons. The zero-order valence-corrected chi connectivity index (χ0v) is 37.6. The molecule has 0 saturated carbocycles. The molecule has 0 atom stereocenters. The van der Waals surface area contributed by atoms with Crippen LogP contribution in [-0.2, 0) is 23.8 Å². The Bertz CT molecular complexity index is 1240. The molecule has 0 aromatic carbocycles. The number of hydrogen-bond acceptors (Lipinski definition) is 5. The number of carbonyl (C=O) groups is 2. The van der Waals surface area contributed by atoms with Crippen molar-refractivity contribution < 1.29 is 23.8 Å². The highest BCUT2D eigenvalue weighted by atomic mass is 79.9. The summed E-state index contributed by atoms with van der Waals surface area (Å²) in [6.45, 7) is 22.5. The Labute approximate surface area is 336 Å². The van der Waals surface area contributed by atoms with Gasteiger partial charge in [-0.3, -0.25) is 9.59 Å². The maximum absolute atomic E-state index is 11.0. The Morgan fingerprint density at radius 1 is 0.404 bits per heavy atom. The summed E-state index contributed by atoms with van der Waals surface area (Å²) >= 11 is 6.11. The number of ether oxygens (including phenoxy) is 3. The molecule has 0 radical (unpaired) electrons. The van der Waals surface area contributed by atoms with E-state index < -0.39 is 0 Å². The molecule has 0 spiro atoms. The van der Waals surface area contributed by atoms with E-state index in [0.717, 1.165) is 77.0 Å². The van der Waals surface area contributed by atoms with E-state index in [1.165, 1.54) is 44.6 Å². The summed E-state index contributed by atoms with van der Waals surface area (Å²) in [7, 11) is 0. The van der Waals surface area contributed by atoms with Crippen molar-refractivity contribution in [2.45, 2.75) is 146 Å². The van der Waals surface area contributed by atoms with Gasteiger partial charge in [0.25, 0.3) is 0 Å². The fraction of sp³-hybridized carbons (Fsp3) is 0.600. The van der Waals surface area contributed by atoms with Gasteiger partial charge in [-0.15, -0.1) is 0 Å². The average molecular weight is 853 g/mol. The van der Waals surface area contributed by atoms with Crippen molar-refractivity contribution in [2.24, 2.45) is 0 Å². The largest absolute Gasteiger partial charge is 0.461 e. The molecule has 5 nitrogen and oxygen atoms in total. The topological polar surface area (TPSA) is 61.8 Å². The van der Waals surface area contributed by atoms with Crippen molar-refractivity contribution in [2.75, 3.05) is 30.7 Å². The highest BCUT2D eigenvalue weighted by molar-refractivity contribution is 9.09. The Hall–Kier alpha value is -2.22. The molecule has 0 saturated heterocycles. The van der Waals surface area contributed by atoms with Gasteiger partial charge in [-0.25, -0.2) is 0 Å². The molecule has 0 aliphatic carbocycles. The molecule has 0 aliphatic rings. The molecule has 0 amide bonds. The Kier molecular flexibility index (Phi) is 35.7. The summed E-state index contributed by atoms with van der Waals surface area (Å²) in [5.41, 5.74) is 11.2. The van der Waals surface area contributed by atoms with E-state index in [9.17, 15) is 9.59 Å². The molecular weight excluding hydrogens is 780 g/mol. The van der Waals surface area contributed by atoms with Crippen LogP contribution in [0.5, 0.6) is 0 Å². The average Bonchev–Trinajstić information content (AvgIpc) is 3.07. The van der Waals surface area contributed by atoms with Gasteiger partial charge in [-0.2, -0.15) is 0 Å². The summed E-state index contributed by atoms with van der Waals surface area (Å²) in [6, 6.07) is 0. The second-order valence-electron chi connectivity index (χ2n) is 14.1. The fourth-order valence-corrected chi connectivity index (χ4v) is 5.01. The zero-order valence-electron chi connectivity index (χ0n) is 34.4. The molecule has 0 fully saturated rings. The minimum Gasteiger partial charge on any atom is -0.461 e. The SMILES string of the molecule is CC(C)=CCC/C(C)=C/CC/C(C)=C/CC/C(C)=C/COC(=O)CBr.CC(C)=CCC/C(C)=C/CC/C(C)=C/CC/C(C)=C/COCOC(=O)CBr. The molecule has 0 unspecified atom stereocenters. The van der Waals surface area contributed by atoms with Gasteiger partial charge < -0.3 is 14.2 Å². The molecule has 0 rings (SSSR count). The lowest BCUT2D eigenvalue weighted by atomic mass is 10.0. The summed E-state index contributed by atoms with van der Waals surface area (Å²) in [6.07, 6.45) is 31.3. The quantitative estimate of drug-likeness (QED) is 0.0285. The highest BCUT2D eigenvalue weighted by Crippen LogP contribution is 2.15. The van der Waals surface area contributed by atoms with Crippen LogP contribution in [0.4, 0.5) is 0 Å². The van der Waals surface area contributed by atoms with E-state index in [1.54, 1.807) is 0 Å². The number of allylic oxidation sites excluding steroid dienone is 14. The van der Waals surface area contributed by atoms with E-state index in [-0.39, 0.29) is 29.4 Å². The van der Waals surface area contributed by atoms with Crippen LogP contribution >= 0.6 is 31.9 Å². The first-order valence-electron chi connectivity index (χ1n) is 18.9. The van der Waals surface area contributed by atoms with E-state index in [2.05, 4.69) is 138 Å². The molecule has 0 bridgehead atoms. The number of rotatable bonds is 26. The van der Waals surface area contributed by atoms with Crippen LogP contribution in [0.25, 0.3) is 0 Å². The summed E-state index contributed by atoms with van der Waals surface area (Å²) < 4.78 is 15.1. The first kappa shape index (κ1) is 51.9. The highest BCUT2D eigenvalue weighted by Gasteiger charge is 1.99. The predicted molar refractivity (Wildman–Crippen MR) is 232 cm³/mol. The number of carbonyl (C=O) groups excluding carboxylic acids is 2. The predicted octanol–water partition coefficient (Wildman–Crippen LogP) is 14.1. The molecule has 0 aromatic heterocycles.